The van der Waals surface area contributed by atoms with Crippen LogP contribution in [0, 0.1) is 6.92 Å². The van der Waals surface area contributed by atoms with Crippen LogP contribution in [0.2, 0.25) is 0 Å². The van der Waals surface area contributed by atoms with Gasteiger partial charge in [-0.2, -0.15) is 0 Å². The standard InChI is InChI=1S/C22H24N2O5S/c1-13-5-7-16(8-6-13)30(27,28)24-12-15-11-19(23-14(2)25)22(3,26)21-18(29-4)10-9-17(24)20(15)21/h5-10,12,19,26H,11H2,1-4H3,(H,23,25). The molecule has 7 nitrogen and oxygen atoms in total. The Hall–Kier alpha value is -2.84. The molecule has 30 heavy (non-hydrogen) atoms. The number of rotatable bonds is 4. The minimum absolute atomic E-state index is 0.179. The number of aryl methyl sites for hydroxylation is 1. The second kappa shape index (κ2) is 6.85. The maximum atomic E-state index is 13.4. The van der Waals surface area contributed by atoms with Crippen molar-refractivity contribution in [3.8, 4) is 5.75 Å². The fourth-order valence-electron chi connectivity index (χ4n) is 4.24. The molecule has 2 unspecified atom stereocenters. The van der Waals surface area contributed by atoms with Gasteiger partial charge in [0.2, 0.25) is 5.91 Å². The van der Waals surface area contributed by atoms with Crippen LogP contribution in [0.25, 0.3) is 10.9 Å². The van der Waals surface area contributed by atoms with E-state index in [9.17, 15) is 18.3 Å². The number of nitrogens with one attached hydrogen (secondary N) is 1. The number of aliphatic hydroxyl groups is 1. The van der Waals surface area contributed by atoms with Crippen molar-refractivity contribution < 1.29 is 23.1 Å². The van der Waals surface area contributed by atoms with E-state index in [4.69, 9.17) is 4.74 Å². The van der Waals surface area contributed by atoms with Crippen molar-refractivity contribution in [1.29, 1.82) is 0 Å². The quantitative estimate of drug-likeness (QED) is 0.665. The van der Waals surface area contributed by atoms with Crippen molar-refractivity contribution in [1.82, 2.24) is 9.29 Å². The summed E-state index contributed by atoms with van der Waals surface area (Å²) in [5, 5.41) is 14.8. The highest BCUT2D eigenvalue weighted by Gasteiger charge is 2.43. The molecule has 0 saturated heterocycles. The Morgan fingerprint density at radius 1 is 1.23 bits per heavy atom. The molecule has 2 aromatic carbocycles. The fraction of sp³-hybridized carbons (Fsp3) is 0.318. The summed E-state index contributed by atoms with van der Waals surface area (Å²) in [5.74, 6) is 0.163. The third kappa shape index (κ3) is 2.98. The molecule has 158 valence electrons. The van der Waals surface area contributed by atoms with Gasteiger partial charge in [-0.15, -0.1) is 0 Å². The smallest absolute Gasteiger partial charge is 0.268 e. The van der Waals surface area contributed by atoms with Gasteiger partial charge in [0.05, 0.1) is 23.6 Å². The van der Waals surface area contributed by atoms with E-state index in [0.717, 1.165) is 11.1 Å². The monoisotopic (exact) mass is 428 g/mol. The highest BCUT2D eigenvalue weighted by molar-refractivity contribution is 7.90. The average molecular weight is 429 g/mol. The molecule has 2 N–H and O–H groups in total. The van der Waals surface area contributed by atoms with Gasteiger partial charge in [0.25, 0.3) is 10.0 Å². The molecule has 1 aliphatic carbocycles. The summed E-state index contributed by atoms with van der Waals surface area (Å²) in [4.78, 5) is 11.9. The van der Waals surface area contributed by atoms with Crippen molar-refractivity contribution in [2.45, 2.75) is 43.7 Å². The van der Waals surface area contributed by atoms with Gasteiger partial charge in [0, 0.05) is 24.1 Å². The van der Waals surface area contributed by atoms with Gasteiger partial charge in [-0.05, 0) is 50.1 Å². The lowest BCUT2D eigenvalue weighted by Gasteiger charge is -2.38. The molecule has 0 fully saturated rings. The molecular formula is C22H24N2O5S. The van der Waals surface area contributed by atoms with E-state index >= 15 is 0 Å². The number of methoxy groups -OCH3 is 1. The zero-order valence-electron chi connectivity index (χ0n) is 17.3. The van der Waals surface area contributed by atoms with Crippen molar-refractivity contribution in [2.75, 3.05) is 7.11 Å². The van der Waals surface area contributed by atoms with E-state index in [-0.39, 0.29) is 10.8 Å². The second-order valence-corrected chi connectivity index (χ2v) is 9.72. The summed E-state index contributed by atoms with van der Waals surface area (Å²) < 4.78 is 33.5. The Labute approximate surface area is 175 Å². The number of benzene rings is 2. The molecule has 0 aliphatic heterocycles. The van der Waals surface area contributed by atoms with Crippen molar-refractivity contribution in [2.24, 2.45) is 0 Å². The molecule has 1 aliphatic rings. The van der Waals surface area contributed by atoms with Gasteiger partial charge < -0.3 is 15.2 Å². The lowest BCUT2D eigenvalue weighted by atomic mass is 9.77. The van der Waals surface area contributed by atoms with Crippen LogP contribution in [-0.4, -0.2) is 36.6 Å². The molecule has 0 bridgehead atoms. The highest BCUT2D eigenvalue weighted by atomic mass is 32.2. The summed E-state index contributed by atoms with van der Waals surface area (Å²) in [6.07, 6.45) is 1.87. The molecule has 0 saturated carbocycles. The largest absolute Gasteiger partial charge is 0.496 e. The van der Waals surface area contributed by atoms with Crippen molar-refractivity contribution in [3.63, 3.8) is 0 Å². The molecule has 8 heteroatoms. The van der Waals surface area contributed by atoms with Gasteiger partial charge in [-0.1, -0.05) is 17.7 Å². The molecule has 1 aromatic heterocycles. The average Bonchev–Trinajstić information content (AvgIpc) is 3.05. The Morgan fingerprint density at radius 2 is 1.90 bits per heavy atom. The molecule has 1 amide bonds. The lowest BCUT2D eigenvalue weighted by Crippen LogP contribution is -2.51. The van der Waals surface area contributed by atoms with Gasteiger partial charge in [-0.25, -0.2) is 12.4 Å². The Balaban J connectivity index is 1.99. The van der Waals surface area contributed by atoms with Crippen LogP contribution in [-0.2, 0) is 26.8 Å². The van der Waals surface area contributed by atoms with E-state index in [1.165, 1.54) is 18.0 Å². The number of ether oxygens (including phenoxy) is 1. The normalized spacial score (nSPS) is 20.9. The number of hydrogen-bond acceptors (Lipinski definition) is 5. The van der Waals surface area contributed by atoms with Crippen LogP contribution < -0.4 is 10.1 Å². The number of nitrogens with zero attached hydrogens (tertiary/aromatic N) is 1. The minimum atomic E-state index is -3.85. The van der Waals surface area contributed by atoms with Crippen LogP contribution in [0.1, 0.15) is 30.5 Å². The van der Waals surface area contributed by atoms with Crippen molar-refractivity contribution in [3.05, 3.63) is 59.3 Å². The number of carbonyl (C=O) groups is 1. The van der Waals surface area contributed by atoms with Gasteiger partial charge >= 0.3 is 0 Å². The first-order chi connectivity index (χ1) is 14.1. The zero-order valence-corrected chi connectivity index (χ0v) is 18.1. The summed E-state index contributed by atoms with van der Waals surface area (Å²) in [6, 6.07) is 9.37. The summed E-state index contributed by atoms with van der Waals surface area (Å²) in [5.41, 5.74) is 1.18. The Morgan fingerprint density at radius 3 is 2.50 bits per heavy atom. The van der Waals surface area contributed by atoms with Crippen molar-refractivity contribution >= 4 is 26.8 Å². The molecule has 1 heterocycles. The fourth-order valence-corrected chi connectivity index (χ4v) is 5.62. The predicted octanol–water partition coefficient (Wildman–Crippen LogP) is 2.46. The minimum Gasteiger partial charge on any atom is -0.496 e. The van der Waals surface area contributed by atoms with Crippen LogP contribution in [0.15, 0.2) is 47.5 Å². The molecule has 3 aromatic rings. The van der Waals surface area contributed by atoms with E-state index in [1.54, 1.807) is 49.5 Å². The maximum Gasteiger partial charge on any atom is 0.268 e. The summed E-state index contributed by atoms with van der Waals surface area (Å²) in [7, 11) is -2.36. The number of carbonyl (C=O) groups excluding carboxylic acids is 1. The van der Waals surface area contributed by atoms with Gasteiger partial charge in [0.1, 0.15) is 11.4 Å². The number of hydrogen-bond donors (Lipinski definition) is 2. The van der Waals surface area contributed by atoms with Crippen LogP contribution in [0.5, 0.6) is 5.75 Å². The van der Waals surface area contributed by atoms with Crippen LogP contribution in [0.4, 0.5) is 0 Å². The molecule has 2 atom stereocenters. The topological polar surface area (TPSA) is 97.6 Å². The highest BCUT2D eigenvalue weighted by Crippen LogP contribution is 2.45. The first-order valence-corrected chi connectivity index (χ1v) is 11.0. The molecule has 0 spiro atoms. The summed E-state index contributed by atoms with van der Waals surface area (Å²) in [6.45, 7) is 4.89. The van der Waals surface area contributed by atoms with E-state index in [0.29, 0.717) is 28.6 Å². The Bertz CT molecular complexity index is 1260. The first-order valence-electron chi connectivity index (χ1n) is 9.60. The molecular weight excluding hydrogens is 404 g/mol. The first kappa shape index (κ1) is 20.4. The van der Waals surface area contributed by atoms with Gasteiger partial charge in [-0.3, -0.25) is 4.79 Å². The van der Waals surface area contributed by atoms with Crippen LogP contribution >= 0.6 is 0 Å². The number of amides is 1. The maximum absolute atomic E-state index is 13.4. The van der Waals surface area contributed by atoms with E-state index in [1.807, 2.05) is 6.92 Å². The third-order valence-electron chi connectivity index (χ3n) is 5.76. The second-order valence-electron chi connectivity index (χ2n) is 7.91. The number of aromatic nitrogens is 1. The lowest BCUT2D eigenvalue weighted by molar-refractivity contribution is -0.122. The Kier molecular flexibility index (Phi) is 4.67. The van der Waals surface area contributed by atoms with Crippen LogP contribution in [0.3, 0.4) is 0 Å². The van der Waals surface area contributed by atoms with E-state index in [2.05, 4.69) is 5.32 Å². The zero-order chi connectivity index (χ0) is 21.8. The molecule has 4 rings (SSSR count). The van der Waals surface area contributed by atoms with Gasteiger partial charge in [0.15, 0.2) is 0 Å². The summed E-state index contributed by atoms with van der Waals surface area (Å²) >= 11 is 0. The SMILES string of the molecule is COc1ccc2c3c(cn2S(=O)(=O)c2ccc(C)cc2)CC(NC(C)=O)C(C)(O)c13. The van der Waals surface area contributed by atoms with E-state index < -0.39 is 21.7 Å². The molecule has 0 radical (unpaired) electrons. The predicted molar refractivity (Wildman–Crippen MR) is 113 cm³/mol. The third-order valence-corrected chi connectivity index (χ3v) is 7.45.